The fourth-order valence-electron chi connectivity index (χ4n) is 3.50. The Morgan fingerprint density at radius 3 is 1.45 bits per heavy atom. The molecule has 0 spiro atoms. The van der Waals surface area contributed by atoms with Crippen molar-refractivity contribution in [2.24, 2.45) is 0 Å². The Hall–Kier alpha value is -2.65. The van der Waals surface area contributed by atoms with Crippen LogP contribution < -0.4 is 21.0 Å². The molecule has 3 rings (SSSR count). The largest absolute Gasteiger partial charge is 0.550 e. The lowest BCUT2D eigenvalue weighted by Crippen LogP contribution is -2.45. The Balaban J connectivity index is 2.29. The van der Waals surface area contributed by atoms with Gasteiger partial charge in [0.1, 0.15) is 15.9 Å². The first-order chi connectivity index (χ1) is 13.9. The second kappa shape index (κ2) is 8.79. The number of alkyl halides is 3. The van der Waals surface area contributed by atoms with Crippen LogP contribution in [0.3, 0.4) is 0 Å². The first-order valence-electron chi connectivity index (χ1n) is 9.16. The molecule has 0 N–H and O–H groups in total. The van der Waals surface area contributed by atoms with Gasteiger partial charge >= 0.3 is 5.92 Å². The smallest absolute Gasteiger partial charge is 0.313 e. The first-order valence-corrected chi connectivity index (χ1v) is 11.0. The van der Waals surface area contributed by atoms with E-state index in [9.17, 15) is 9.90 Å². The normalized spacial score (nSPS) is 13.1. The number of carbonyl (C=O) groups is 1. The summed E-state index contributed by atoms with van der Waals surface area (Å²) in [6.07, 6.45) is -2.03. The van der Waals surface area contributed by atoms with E-state index in [0.29, 0.717) is 15.9 Å². The Labute approximate surface area is 168 Å². The number of hydrogen-bond donors (Lipinski definition) is 0. The van der Waals surface area contributed by atoms with Crippen LogP contribution in [0.4, 0.5) is 13.2 Å². The predicted molar refractivity (Wildman–Crippen MR) is 109 cm³/mol. The molecule has 1 atom stereocenters. The Bertz CT molecular complexity index is 837. The van der Waals surface area contributed by atoms with Crippen LogP contribution in [0.25, 0.3) is 0 Å². The SMILES string of the molecule is O=C([O-])CCC(F)(F)C(F)[P+](c1ccccc1)(c1ccccc1)c1ccccc1. The van der Waals surface area contributed by atoms with Crippen LogP contribution in [0.15, 0.2) is 91.0 Å². The average molecular weight is 416 g/mol. The van der Waals surface area contributed by atoms with Crippen molar-refractivity contribution in [3.05, 3.63) is 91.0 Å². The first kappa shape index (κ1) is 21.1. The summed E-state index contributed by atoms with van der Waals surface area (Å²) < 4.78 is 46.3. The van der Waals surface area contributed by atoms with Crippen molar-refractivity contribution < 1.29 is 23.1 Å². The van der Waals surface area contributed by atoms with E-state index in [0.717, 1.165) is 0 Å². The number of rotatable bonds is 8. The van der Waals surface area contributed by atoms with Gasteiger partial charge in [-0.1, -0.05) is 54.6 Å². The summed E-state index contributed by atoms with van der Waals surface area (Å²) in [7, 11) is -3.46. The molecule has 0 aliphatic rings. The number of carboxylic acid groups (broad SMARTS) is 1. The molecule has 0 aliphatic carbocycles. The van der Waals surface area contributed by atoms with E-state index in [4.69, 9.17) is 0 Å². The molecule has 0 fully saturated rings. The van der Waals surface area contributed by atoms with Crippen molar-refractivity contribution in [2.45, 2.75) is 24.7 Å². The van der Waals surface area contributed by atoms with Gasteiger partial charge in [-0.05, 0) is 42.8 Å². The molecule has 0 aromatic heterocycles. The van der Waals surface area contributed by atoms with Crippen molar-refractivity contribution >= 4 is 29.1 Å². The van der Waals surface area contributed by atoms with Gasteiger partial charge in [-0.25, -0.2) is 0 Å². The summed E-state index contributed by atoms with van der Waals surface area (Å²) in [4.78, 5) is 10.8. The standard InChI is InChI=1S/C23H20F3O2P/c24-22(23(25,26)17-16-21(27)28)29(18-10-4-1-5-11-18,19-12-6-2-7-13-19)20-14-8-3-9-15-20/h1-15,22H,16-17H2. The zero-order valence-corrected chi connectivity index (χ0v) is 16.4. The minimum Gasteiger partial charge on any atom is -0.550 e. The summed E-state index contributed by atoms with van der Waals surface area (Å²) in [6, 6.07) is 25.4. The highest BCUT2D eigenvalue weighted by atomic mass is 31.2. The molecule has 3 aromatic carbocycles. The molecule has 0 aliphatic heterocycles. The molecular formula is C23H20F3O2P. The van der Waals surface area contributed by atoms with E-state index in [1.807, 2.05) is 0 Å². The van der Waals surface area contributed by atoms with Gasteiger partial charge in [0.25, 0.3) is 5.91 Å². The second-order valence-electron chi connectivity index (χ2n) is 6.70. The van der Waals surface area contributed by atoms with E-state index in [1.165, 1.54) is 0 Å². The fraction of sp³-hybridized carbons (Fsp3) is 0.174. The molecule has 3 aromatic rings. The van der Waals surface area contributed by atoms with Crippen molar-refractivity contribution in [3.8, 4) is 0 Å². The highest BCUT2D eigenvalue weighted by Gasteiger charge is 2.63. The molecule has 0 saturated carbocycles. The number of aliphatic carboxylic acids is 1. The minimum atomic E-state index is -3.85. The lowest BCUT2D eigenvalue weighted by molar-refractivity contribution is -0.306. The second-order valence-corrected chi connectivity index (χ2v) is 10.1. The molecule has 0 heterocycles. The minimum absolute atomic E-state index is 0.470. The fourth-order valence-corrected chi connectivity index (χ4v) is 7.80. The van der Waals surface area contributed by atoms with Crippen LogP contribution in [-0.2, 0) is 4.79 Å². The van der Waals surface area contributed by atoms with Crippen LogP contribution in [0.2, 0.25) is 0 Å². The highest BCUT2D eigenvalue weighted by Crippen LogP contribution is 2.64. The van der Waals surface area contributed by atoms with Gasteiger partial charge in [-0.15, -0.1) is 0 Å². The zero-order chi connectivity index (χ0) is 20.9. The zero-order valence-electron chi connectivity index (χ0n) is 15.5. The molecule has 0 amide bonds. The van der Waals surface area contributed by atoms with Crippen LogP contribution in [0.1, 0.15) is 12.8 Å². The third-order valence-corrected chi connectivity index (χ3v) is 9.24. The maximum atomic E-state index is 16.1. The molecule has 6 heteroatoms. The molecule has 0 saturated heterocycles. The summed E-state index contributed by atoms with van der Waals surface area (Å²) in [6.45, 7) is 0. The number of halogens is 3. The van der Waals surface area contributed by atoms with Crippen LogP contribution >= 0.6 is 7.26 Å². The molecular weight excluding hydrogens is 396 g/mol. The van der Waals surface area contributed by atoms with Crippen LogP contribution in [0, 0.1) is 0 Å². The molecule has 29 heavy (non-hydrogen) atoms. The third kappa shape index (κ3) is 4.20. The van der Waals surface area contributed by atoms with Gasteiger partial charge < -0.3 is 9.90 Å². The maximum Gasteiger partial charge on any atom is 0.313 e. The number of hydrogen-bond acceptors (Lipinski definition) is 2. The third-order valence-electron chi connectivity index (χ3n) is 4.84. The van der Waals surface area contributed by atoms with Gasteiger partial charge in [0.2, 0.25) is 0 Å². The van der Waals surface area contributed by atoms with Crippen LogP contribution in [0.5, 0.6) is 0 Å². The molecule has 0 radical (unpaired) electrons. The average Bonchev–Trinajstić information content (AvgIpc) is 2.75. The number of benzene rings is 3. The summed E-state index contributed by atoms with van der Waals surface area (Å²) in [5.74, 6) is -8.07. The number of carboxylic acids is 1. The van der Waals surface area contributed by atoms with Crippen molar-refractivity contribution in [3.63, 3.8) is 0 Å². The Morgan fingerprint density at radius 2 is 1.14 bits per heavy atom. The summed E-state index contributed by atoms with van der Waals surface area (Å²) in [5, 5.41) is 12.2. The molecule has 0 bridgehead atoms. The van der Waals surface area contributed by atoms with Crippen molar-refractivity contribution in [1.29, 1.82) is 0 Å². The van der Waals surface area contributed by atoms with Gasteiger partial charge in [0.05, 0.1) is 0 Å². The molecule has 1 unspecified atom stereocenters. The highest BCUT2D eigenvalue weighted by molar-refractivity contribution is 7.96. The summed E-state index contributed by atoms with van der Waals surface area (Å²) in [5.41, 5.74) is 0. The van der Waals surface area contributed by atoms with E-state index in [-0.39, 0.29) is 0 Å². The number of carbonyl (C=O) groups excluding carboxylic acids is 1. The quantitative estimate of drug-likeness (QED) is 0.528. The van der Waals surface area contributed by atoms with Crippen molar-refractivity contribution in [1.82, 2.24) is 0 Å². The van der Waals surface area contributed by atoms with E-state index < -0.39 is 37.9 Å². The van der Waals surface area contributed by atoms with E-state index in [2.05, 4.69) is 0 Å². The Morgan fingerprint density at radius 1 is 0.793 bits per heavy atom. The van der Waals surface area contributed by atoms with Gasteiger partial charge in [-0.2, -0.15) is 13.2 Å². The lowest BCUT2D eigenvalue weighted by Gasteiger charge is -2.34. The topological polar surface area (TPSA) is 40.1 Å². The van der Waals surface area contributed by atoms with E-state index >= 15 is 13.2 Å². The van der Waals surface area contributed by atoms with Crippen molar-refractivity contribution in [2.75, 3.05) is 0 Å². The van der Waals surface area contributed by atoms with E-state index in [1.54, 1.807) is 91.0 Å². The summed E-state index contributed by atoms with van der Waals surface area (Å²) >= 11 is 0. The van der Waals surface area contributed by atoms with Crippen LogP contribution in [-0.4, -0.2) is 17.8 Å². The van der Waals surface area contributed by atoms with Gasteiger partial charge in [-0.3, -0.25) is 0 Å². The lowest BCUT2D eigenvalue weighted by atomic mass is 10.2. The monoisotopic (exact) mass is 416 g/mol. The maximum absolute atomic E-state index is 16.1. The Kier molecular flexibility index (Phi) is 6.39. The predicted octanol–water partition coefficient (Wildman–Crippen LogP) is 3.44. The molecule has 150 valence electrons. The molecule has 2 nitrogen and oxygen atoms in total. The van der Waals surface area contributed by atoms with Gasteiger partial charge in [0.15, 0.2) is 7.26 Å². The van der Waals surface area contributed by atoms with Gasteiger partial charge in [0, 0.05) is 12.4 Å².